The maximum Gasteiger partial charge on any atom is 0.547 e. The number of nitrogens with one attached hydrogen (secondary N) is 2. The number of carboxylic acid groups (broad SMARTS) is 1. The van der Waals surface area contributed by atoms with Crippen LogP contribution < -0.4 is 15.3 Å². The molecule has 1 aliphatic heterocycles. The number of methoxy groups -OCH3 is 1. The Hall–Kier alpha value is -2.75. The lowest BCUT2D eigenvalue weighted by molar-refractivity contribution is -0.121. The van der Waals surface area contributed by atoms with E-state index in [9.17, 15) is 19.4 Å². The molecule has 2 amide bonds. The summed E-state index contributed by atoms with van der Waals surface area (Å²) < 4.78 is 9.65. The Morgan fingerprint density at radius 2 is 2.17 bits per heavy atom. The number of amides is 2. The van der Waals surface area contributed by atoms with Gasteiger partial charge < -0.3 is 30.2 Å². The van der Waals surface area contributed by atoms with Gasteiger partial charge in [0.05, 0.1) is 18.6 Å². The molecule has 9 nitrogen and oxygen atoms in total. The number of benzene rings is 1. The number of carboxylic acids is 1. The van der Waals surface area contributed by atoms with Crippen LogP contribution in [-0.2, 0) is 16.0 Å². The Labute approximate surface area is 138 Å². The van der Waals surface area contributed by atoms with Gasteiger partial charge in [0.1, 0.15) is 5.75 Å². The molecular weight excluding hydrogens is 319 g/mol. The zero-order valence-corrected chi connectivity index (χ0v) is 12.9. The second-order valence-corrected chi connectivity index (χ2v) is 5.15. The molecule has 0 spiro atoms. The van der Waals surface area contributed by atoms with Crippen molar-refractivity contribution in [3.05, 3.63) is 29.3 Å². The number of aromatic carboxylic acids is 1. The van der Waals surface area contributed by atoms with Crippen molar-refractivity contribution in [2.24, 2.45) is 0 Å². The van der Waals surface area contributed by atoms with E-state index in [-0.39, 0.29) is 30.7 Å². The molecule has 1 atom stereocenters. The van der Waals surface area contributed by atoms with Crippen molar-refractivity contribution in [2.45, 2.75) is 18.8 Å². The minimum absolute atomic E-state index is 0.000340. The summed E-state index contributed by atoms with van der Waals surface area (Å²) in [5, 5.41) is 24.1. The summed E-state index contributed by atoms with van der Waals surface area (Å²) in [5.41, 5.74) is 0.539. The van der Waals surface area contributed by atoms with Gasteiger partial charge in [0, 0.05) is 13.0 Å². The van der Waals surface area contributed by atoms with Crippen molar-refractivity contribution in [1.82, 2.24) is 10.6 Å². The first kappa shape index (κ1) is 17.6. The second-order valence-electron chi connectivity index (χ2n) is 5.15. The van der Waals surface area contributed by atoms with Gasteiger partial charge in [-0.3, -0.25) is 4.79 Å². The highest BCUT2D eigenvalue weighted by Gasteiger charge is 2.37. The van der Waals surface area contributed by atoms with Gasteiger partial charge in [-0.15, -0.1) is 0 Å². The quantitative estimate of drug-likeness (QED) is 0.536. The Morgan fingerprint density at radius 1 is 1.42 bits per heavy atom. The molecular formula is C14H17BN2O7. The smallest absolute Gasteiger partial charge is 0.534 e. The van der Waals surface area contributed by atoms with Gasteiger partial charge in [-0.05, 0) is 18.1 Å². The average Bonchev–Trinajstić information content (AvgIpc) is 2.54. The Kier molecular flexibility index (Phi) is 5.64. The molecule has 0 aromatic heterocycles. The first-order valence-corrected chi connectivity index (χ1v) is 7.23. The molecule has 0 saturated carbocycles. The molecule has 24 heavy (non-hydrogen) atoms. The summed E-state index contributed by atoms with van der Waals surface area (Å²) >= 11 is 0. The number of ether oxygens (including phenoxy) is 1. The van der Waals surface area contributed by atoms with E-state index in [0.717, 1.165) is 0 Å². The third kappa shape index (κ3) is 4.16. The van der Waals surface area contributed by atoms with E-state index in [1.54, 1.807) is 12.1 Å². The molecule has 0 aliphatic carbocycles. The molecule has 4 N–H and O–H groups in total. The maximum atomic E-state index is 11.8. The highest BCUT2D eigenvalue weighted by Crippen LogP contribution is 2.30. The summed E-state index contributed by atoms with van der Waals surface area (Å²) in [7, 11) is -0.149. The molecule has 128 valence electrons. The molecule has 1 aromatic carbocycles. The lowest BCUT2D eigenvalue weighted by Gasteiger charge is -2.28. The largest absolute Gasteiger partial charge is 0.547 e. The van der Waals surface area contributed by atoms with Crippen molar-refractivity contribution in [3.8, 4) is 5.75 Å². The van der Waals surface area contributed by atoms with Gasteiger partial charge in [0.2, 0.25) is 5.91 Å². The maximum absolute atomic E-state index is 11.8. The van der Waals surface area contributed by atoms with E-state index in [0.29, 0.717) is 5.56 Å². The lowest BCUT2D eigenvalue weighted by atomic mass is 9.72. The fourth-order valence-corrected chi connectivity index (χ4v) is 2.35. The first-order chi connectivity index (χ1) is 11.4. The number of hydrogen-bond acceptors (Lipinski definition) is 6. The van der Waals surface area contributed by atoms with Crippen LogP contribution in [0.15, 0.2) is 18.2 Å². The predicted octanol–water partition coefficient (Wildman–Crippen LogP) is -0.430. The highest BCUT2D eigenvalue weighted by atomic mass is 16.5. The minimum atomic E-state index is -1.37. The number of carbonyl (C=O) groups is 3. The van der Waals surface area contributed by atoms with E-state index in [4.69, 9.17) is 9.76 Å². The standard InChI is InChI=1S/C14H17BN2O7/c1-23-14(21)16-6-5-11(18)17-10-7-8-3-2-4-9(13(19)20)12(8)24-15(10)22/h2-4,10,22H,5-7H2,1H3,(H,16,21)(H,17,18)(H,19,20). The molecule has 1 aromatic rings. The van der Waals surface area contributed by atoms with Crippen LogP contribution in [0.4, 0.5) is 4.79 Å². The van der Waals surface area contributed by atoms with Crippen LogP contribution >= 0.6 is 0 Å². The third-order valence-corrected chi connectivity index (χ3v) is 3.50. The molecule has 1 heterocycles. The van der Waals surface area contributed by atoms with Crippen LogP contribution in [0.1, 0.15) is 22.3 Å². The summed E-state index contributed by atoms with van der Waals surface area (Å²) in [6.45, 7) is 0.0852. The van der Waals surface area contributed by atoms with Gasteiger partial charge in [0.15, 0.2) is 0 Å². The molecule has 0 saturated heterocycles. The van der Waals surface area contributed by atoms with Crippen LogP contribution in [0, 0.1) is 0 Å². The van der Waals surface area contributed by atoms with E-state index in [2.05, 4.69) is 15.4 Å². The minimum Gasteiger partial charge on any atom is -0.534 e. The summed E-state index contributed by atoms with van der Waals surface area (Å²) in [4.78, 5) is 33.9. The summed E-state index contributed by atoms with van der Waals surface area (Å²) in [6, 6.07) is 4.62. The SMILES string of the molecule is COC(=O)NCCC(=O)NC1Cc2cccc(C(=O)O)c2OB1O. The van der Waals surface area contributed by atoms with E-state index < -0.39 is 31.0 Å². The topological polar surface area (TPSA) is 134 Å². The van der Waals surface area contributed by atoms with Crippen LogP contribution in [0.3, 0.4) is 0 Å². The number of alkyl carbamates (subject to hydrolysis) is 1. The summed E-state index contributed by atoms with van der Waals surface area (Å²) in [5.74, 6) is -2.16. The van der Waals surface area contributed by atoms with Crippen molar-refractivity contribution >= 4 is 25.1 Å². The average molecular weight is 336 g/mol. The van der Waals surface area contributed by atoms with Gasteiger partial charge in [-0.25, -0.2) is 9.59 Å². The number of rotatable bonds is 5. The van der Waals surface area contributed by atoms with E-state index in [1.165, 1.54) is 13.2 Å². The summed E-state index contributed by atoms with van der Waals surface area (Å²) in [6.07, 6.45) is -0.410. The van der Waals surface area contributed by atoms with Crippen molar-refractivity contribution < 1.29 is 33.9 Å². The number of fused-ring (bicyclic) bond motifs is 1. The molecule has 0 bridgehead atoms. The molecule has 2 rings (SSSR count). The number of carbonyl (C=O) groups excluding carboxylic acids is 2. The van der Waals surface area contributed by atoms with E-state index in [1.807, 2.05) is 0 Å². The predicted molar refractivity (Wildman–Crippen MR) is 82.7 cm³/mol. The molecule has 10 heteroatoms. The van der Waals surface area contributed by atoms with Crippen LogP contribution in [0.2, 0.25) is 0 Å². The third-order valence-electron chi connectivity index (χ3n) is 3.50. The monoisotopic (exact) mass is 336 g/mol. The van der Waals surface area contributed by atoms with Crippen LogP contribution in [0.25, 0.3) is 0 Å². The molecule has 1 aliphatic rings. The normalized spacial score (nSPS) is 15.8. The van der Waals surface area contributed by atoms with Crippen molar-refractivity contribution in [2.75, 3.05) is 13.7 Å². The Bertz CT molecular complexity index is 652. The van der Waals surface area contributed by atoms with Crippen molar-refractivity contribution in [3.63, 3.8) is 0 Å². The zero-order chi connectivity index (χ0) is 17.7. The Morgan fingerprint density at radius 3 is 2.83 bits per heavy atom. The van der Waals surface area contributed by atoms with Crippen LogP contribution in [0.5, 0.6) is 5.75 Å². The second kappa shape index (κ2) is 7.69. The highest BCUT2D eigenvalue weighted by molar-refractivity contribution is 6.47. The molecule has 0 radical (unpaired) electrons. The Balaban J connectivity index is 1.96. The van der Waals surface area contributed by atoms with Gasteiger partial charge >= 0.3 is 19.2 Å². The fraction of sp³-hybridized carbons (Fsp3) is 0.357. The fourth-order valence-electron chi connectivity index (χ4n) is 2.35. The zero-order valence-electron chi connectivity index (χ0n) is 12.9. The lowest BCUT2D eigenvalue weighted by Crippen LogP contribution is -2.53. The van der Waals surface area contributed by atoms with Gasteiger partial charge in [-0.2, -0.15) is 0 Å². The van der Waals surface area contributed by atoms with Crippen molar-refractivity contribution in [1.29, 1.82) is 0 Å². The number of hydrogen-bond donors (Lipinski definition) is 4. The van der Waals surface area contributed by atoms with Gasteiger partial charge in [0.25, 0.3) is 0 Å². The number of para-hydroxylation sites is 1. The van der Waals surface area contributed by atoms with E-state index >= 15 is 0 Å². The molecule has 0 fully saturated rings. The van der Waals surface area contributed by atoms with Crippen LogP contribution in [-0.4, -0.2) is 54.8 Å². The molecule has 1 unspecified atom stereocenters. The van der Waals surface area contributed by atoms with Gasteiger partial charge in [-0.1, -0.05) is 12.1 Å². The first-order valence-electron chi connectivity index (χ1n) is 7.23.